The molecule has 168 valence electrons. The van der Waals surface area contributed by atoms with Crippen molar-refractivity contribution in [1.29, 1.82) is 0 Å². The molecule has 31 heavy (non-hydrogen) atoms. The van der Waals surface area contributed by atoms with Gasteiger partial charge in [0.15, 0.2) is 0 Å². The number of aromatic carboxylic acids is 1. The van der Waals surface area contributed by atoms with Crippen molar-refractivity contribution in [3.8, 4) is 5.75 Å². The molecule has 0 fully saturated rings. The number of rotatable bonds is 9. The second-order valence-electron chi connectivity index (χ2n) is 7.33. The lowest BCUT2D eigenvalue weighted by Gasteiger charge is -2.24. The Hall–Kier alpha value is -3.07. The number of carboxylic acid groups (broad SMARTS) is 1. The largest absolute Gasteiger partial charge is 0.573 e. The van der Waals surface area contributed by atoms with Crippen molar-refractivity contribution in [2.75, 3.05) is 0 Å². The first kappa shape index (κ1) is 24.2. The molecule has 9 heteroatoms. The molecule has 0 aliphatic heterocycles. The molecule has 2 rings (SSSR count). The summed E-state index contributed by atoms with van der Waals surface area (Å²) in [4.78, 5) is 23.7. The molecule has 2 N–H and O–H groups in total. The van der Waals surface area contributed by atoms with Crippen molar-refractivity contribution >= 4 is 11.9 Å². The summed E-state index contributed by atoms with van der Waals surface area (Å²) in [5.74, 6) is -1.98. The number of ether oxygens (including phenoxy) is 2. The van der Waals surface area contributed by atoms with Crippen LogP contribution >= 0.6 is 0 Å². The SMILES string of the molecule is CC(C)[C@@H](OCc1cccc(OC(F)(F)F)c1)C(=O)N[C@@H](C)c1ccc(C(=O)O)cc1. The summed E-state index contributed by atoms with van der Waals surface area (Å²) in [5.41, 5.74) is 1.29. The molecule has 0 aliphatic carbocycles. The van der Waals surface area contributed by atoms with Crippen LogP contribution in [0.25, 0.3) is 0 Å². The van der Waals surface area contributed by atoms with Crippen molar-refractivity contribution in [3.05, 3.63) is 65.2 Å². The van der Waals surface area contributed by atoms with Crippen molar-refractivity contribution in [2.24, 2.45) is 5.92 Å². The average Bonchev–Trinajstić information content (AvgIpc) is 2.66. The predicted octanol–water partition coefficient (Wildman–Crippen LogP) is 4.70. The highest BCUT2D eigenvalue weighted by Crippen LogP contribution is 2.24. The molecule has 0 unspecified atom stereocenters. The highest BCUT2D eigenvalue weighted by Gasteiger charge is 2.31. The van der Waals surface area contributed by atoms with E-state index < -0.39 is 24.5 Å². The monoisotopic (exact) mass is 439 g/mol. The van der Waals surface area contributed by atoms with Gasteiger partial charge < -0.3 is 19.9 Å². The lowest BCUT2D eigenvalue weighted by atomic mass is 10.0. The highest BCUT2D eigenvalue weighted by atomic mass is 19.4. The number of alkyl halides is 3. The van der Waals surface area contributed by atoms with Crippen molar-refractivity contribution < 1.29 is 37.3 Å². The number of carbonyl (C=O) groups is 2. The number of hydrogen-bond acceptors (Lipinski definition) is 4. The third kappa shape index (κ3) is 7.60. The Morgan fingerprint density at radius 3 is 2.26 bits per heavy atom. The fraction of sp³-hybridized carbons (Fsp3) is 0.364. The van der Waals surface area contributed by atoms with Gasteiger partial charge in [-0.2, -0.15) is 0 Å². The van der Waals surface area contributed by atoms with Crippen LogP contribution in [0.15, 0.2) is 48.5 Å². The Morgan fingerprint density at radius 2 is 1.71 bits per heavy atom. The van der Waals surface area contributed by atoms with Crippen LogP contribution in [0.5, 0.6) is 5.75 Å². The summed E-state index contributed by atoms with van der Waals surface area (Å²) in [7, 11) is 0. The first-order chi connectivity index (χ1) is 14.5. The molecule has 2 aromatic carbocycles. The van der Waals surface area contributed by atoms with Crippen LogP contribution in [0.4, 0.5) is 13.2 Å². The Morgan fingerprint density at radius 1 is 1.06 bits per heavy atom. The maximum Gasteiger partial charge on any atom is 0.573 e. The zero-order valence-electron chi connectivity index (χ0n) is 17.3. The third-order valence-corrected chi connectivity index (χ3v) is 4.44. The highest BCUT2D eigenvalue weighted by molar-refractivity contribution is 5.87. The van der Waals surface area contributed by atoms with Crippen LogP contribution in [0.2, 0.25) is 0 Å². The summed E-state index contributed by atoms with van der Waals surface area (Å²) in [6.07, 6.45) is -5.63. The zero-order valence-corrected chi connectivity index (χ0v) is 17.3. The number of amides is 1. The predicted molar refractivity (Wildman–Crippen MR) is 106 cm³/mol. The molecule has 0 saturated carbocycles. The molecule has 6 nitrogen and oxygen atoms in total. The average molecular weight is 439 g/mol. The summed E-state index contributed by atoms with van der Waals surface area (Å²) in [6, 6.07) is 11.1. The molecule has 0 aromatic heterocycles. The zero-order chi connectivity index (χ0) is 23.2. The molecule has 2 atom stereocenters. The van der Waals surface area contributed by atoms with Gasteiger partial charge in [0.2, 0.25) is 5.91 Å². The Balaban J connectivity index is 2.01. The summed E-state index contributed by atoms with van der Waals surface area (Å²) in [5, 5.41) is 11.8. The van der Waals surface area contributed by atoms with E-state index in [4.69, 9.17) is 9.84 Å². The molecule has 0 radical (unpaired) electrons. The third-order valence-electron chi connectivity index (χ3n) is 4.44. The number of benzene rings is 2. The van der Waals surface area contributed by atoms with Crippen molar-refractivity contribution in [3.63, 3.8) is 0 Å². The summed E-state index contributed by atoms with van der Waals surface area (Å²) >= 11 is 0. The van der Waals surface area contributed by atoms with Gasteiger partial charge >= 0.3 is 12.3 Å². The lowest BCUT2D eigenvalue weighted by Crippen LogP contribution is -2.40. The van der Waals surface area contributed by atoms with E-state index in [9.17, 15) is 22.8 Å². The number of carboxylic acids is 1. The van der Waals surface area contributed by atoms with Crippen LogP contribution in [0.1, 0.15) is 48.3 Å². The minimum atomic E-state index is -4.79. The second kappa shape index (κ2) is 10.3. The fourth-order valence-electron chi connectivity index (χ4n) is 2.88. The van der Waals surface area contributed by atoms with E-state index in [1.54, 1.807) is 39.0 Å². The van der Waals surface area contributed by atoms with Crippen LogP contribution < -0.4 is 10.1 Å². The van der Waals surface area contributed by atoms with E-state index in [1.165, 1.54) is 30.3 Å². The molecule has 0 heterocycles. The first-order valence-electron chi connectivity index (χ1n) is 9.56. The van der Waals surface area contributed by atoms with Gasteiger partial charge in [0, 0.05) is 0 Å². The second-order valence-corrected chi connectivity index (χ2v) is 7.33. The Bertz CT molecular complexity index is 897. The molecular formula is C22H24F3NO5. The number of hydrogen-bond donors (Lipinski definition) is 2. The topological polar surface area (TPSA) is 84.9 Å². The molecular weight excluding hydrogens is 415 g/mol. The summed E-state index contributed by atoms with van der Waals surface area (Å²) < 4.78 is 46.8. The molecule has 1 amide bonds. The van der Waals surface area contributed by atoms with E-state index in [1.807, 2.05) is 0 Å². The minimum absolute atomic E-state index is 0.0764. The van der Waals surface area contributed by atoms with Gasteiger partial charge in [-0.3, -0.25) is 4.79 Å². The molecule has 0 spiro atoms. The summed E-state index contributed by atoms with van der Waals surface area (Å²) in [6.45, 7) is 5.26. The van der Waals surface area contributed by atoms with Gasteiger partial charge in [0.05, 0.1) is 18.2 Å². The van der Waals surface area contributed by atoms with E-state index in [2.05, 4.69) is 10.1 Å². The molecule has 2 aromatic rings. The number of halogens is 3. The lowest BCUT2D eigenvalue weighted by molar-refractivity contribution is -0.274. The van der Waals surface area contributed by atoms with Gasteiger partial charge in [-0.05, 0) is 48.2 Å². The van der Waals surface area contributed by atoms with Crippen molar-refractivity contribution in [2.45, 2.75) is 45.9 Å². The quantitative estimate of drug-likeness (QED) is 0.592. The van der Waals surface area contributed by atoms with Crippen LogP contribution in [0, 0.1) is 5.92 Å². The van der Waals surface area contributed by atoms with E-state index in [0.29, 0.717) is 5.56 Å². The maximum absolute atomic E-state index is 12.7. The molecule has 0 bridgehead atoms. The van der Waals surface area contributed by atoms with Crippen LogP contribution in [-0.4, -0.2) is 29.4 Å². The fourth-order valence-corrected chi connectivity index (χ4v) is 2.88. The van der Waals surface area contributed by atoms with Gasteiger partial charge in [0.1, 0.15) is 11.9 Å². The molecule has 0 saturated heterocycles. The number of carbonyl (C=O) groups excluding carboxylic acids is 1. The van der Waals surface area contributed by atoms with Gasteiger partial charge in [-0.1, -0.05) is 38.1 Å². The van der Waals surface area contributed by atoms with E-state index in [-0.39, 0.29) is 29.7 Å². The minimum Gasteiger partial charge on any atom is -0.478 e. The Labute approximate surface area is 178 Å². The van der Waals surface area contributed by atoms with Crippen LogP contribution in [0.3, 0.4) is 0 Å². The van der Waals surface area contributed by atoms with E-state index in [0.717, 1.165) is 5.56 Å². The van der Waals surface area contributed by atoms with Crippen LogP contribution in [-0.2, 0) is 16.1 Å². The van der Waals surface area contributed by atoms with Gasteiger partial charge in [-0.15, -0.1) is 13.2 Å². The van der Waals surface area contributed by atoms with Gasteiger partial charge in [-0.25, -0.2) is 4.79 Å². The first-order valence-corrected chi connectivity index (χ1v) is 9.56. The number of nitrogens with one attached hydrogen (secondary N) is 1. The maximum atomic E-state index is 12.7. The normalized spacial score (nSPS) is 13.5. The Kier molecular flexibility index (Phi) is 8.04. The van der Waals surface area contributed by atoms with Gasteiger partial charge in [0.25, 0.3) is 0 Å². The van der Waals surface area contributed by atoms with E-state index >= 15 is 0 Å². The smallest absolute Gasteiger partial charge is 0.478 e. The molecule has 0 aliphatic rings. The van der Waals surface area contributed by atoms with Crippen molar-refractivity contribution in [1.82, 2.24) is 5.32 Å². The standard InChI is InChI=1S/C22H24F3NO5/c1-13(2)19(30-12-15-5-4-6-18(11-15)31-22(23,24)25)20(27)26-14(3)16-7-9-17(10-8-16)21(28)29/h4-11,13-14,19H,12H2,1-3H3,(H,26,27)(H,28,29)/t14-,19+/m0/s1.